The minimum Gasteiger partial charge on any atom is -0.464 e. The van der Waals surface area contributed by atoms with E-state index in [4.69, 9.17) is 4.42 Å². The Hall–Kier alpha value is -1.96. The van der Waals surface area contributed by atoms with Crippen molar-refractivity contribution in [1.29, 1.82) is 0 Å². The second kappa shape index (κ2) is 3.81. The monoisotopic (exact) mass is 225 g/mol. The van der Waals surface area contributed by atoms with Gasteiger partial charge in [-0.2, -0.15) is 0 Å². The Balaban J connectivity index is 2.00. The van der Waals surface area contributed by atoms with E-state index in [0.29, 0.717) is 0 Å². The van der Waals surface area contributed by atoms with Crippen LogP contribution in [-0.2, 0) is 6.54 Å². The van der Waals surface area contributed by atoms with Crippen molar-refractivity contribution in [1.82, 2.24) is 4.57 Å². The summed E-state index contributed by atoms with van der Waals surface area (Å²) in [7, 11) is 0. The van der Waals surface area contributed by atoms with E-state index in [1.807, 2.05) is 19.1 Å². The Labute approximate surface area is 100 Å². The van der Waals surface area contributed by atoms with Gasteiger partial charge in [0.25, 0.3) is 0 Å². The molecule has 3 aromatic rings. The molecule has 0 radical (unpaired) electrons. The molecule has 0 aliphatic carbocycles. The first kappa shape index (κ1) is 10.2. The molecule has 0 saturated carbocycles. The van der Waals surface area contributed by atoms with Crippen LogP contribution < -0.4 is 0 Å². The van der Waals surface area contributed by atoms with Crippen LogP contribution in [0.1, 0.15) is 17.1 Å². The molecule has 0 fully saturated rings. The lowest BCUT2D eigenvalue weighted by atomic mass is 10.2. The minimum atomic E-state index is 0.792. The molecule has 0 unspecified atom stereocenters. The van der Waals surface area contributed by atoms with E-state index in [-0.39, 0.29) is 0 Å². The number of fused-ring (bicyclic) bond motifs is 1. The largest absolute Gasteiger partial charge is 0.464 e. The van der Waals surface area contributed by atoms with Gasteiger partial charge in [0, 0.05) is 11.7 Å². The molecule has 2 nitrogen and oxygen atoms in total. The summed E-state index contributed by atoms with van der Waals surface area (Å²) >= 11 is 0. The van der Waals surface area contributed by atoms with Gasteiger partial charge in [-0.3, -0.25) is 0 Å². The van der Waals surface area contributed by atoms with Gasteiger partial charge in [0.05, 0.1) is 6.54 Å². The van der Waals surface area contributed by atoms with Gasteiger partial charge in [-0.05, 0) is 49.6 Å². The molecule has 17 heavy (non-hydrogen) atoms. The zero-order valence-electron chi connectivity index (χ0n) is 10.1. The molecule has 2 heteroatoms. The third-order valence-electron chi connectivity index (χ3n) is 3.05. The lowest BCUT2D eigenvalue weighted by Crippen LogP contribution is -1.96. The van der Waals surface area contributed by atoms with E-state index in [1.165, 1.54) is 16.5 Å². The van der Waals surface area contributed by atoms with E-state index in [0.717, 1.165) is 18.1 Å². The lowest BCUT2D eigenvalue weighted by Gasteiger charge is -2.03. The predicted molar refractivity (Wildman–Crippen MR) is 69.2 cm³/mol. The zero-order chi connectivity index (χ0) is 11.8. The van der Waals surface area contributed by atoms with Crippen molar-refractivity contribution in [3.8, 4) is 0 Å². The predicted octanol–water partition coefficient (Wildman–Crippen LogP) is 3.90. The molecule has 2 aromatic heterocycles. The quantitative estimate of drug-likeness (QED) is 0.647. The van der Waals surface area contributed by atoms with Crippen molar-refractivity contribution >= 4 is 10.9 Å². The van der Waals surface area contributed by atoms with Crippen molar-refractivity contribution in [2.24, 2.45) is 0 Å². The SMILES string of the molecule is Cc1ccc2c(ccn2Cc2ccc(C)o2)c1. The van der Waals surface area contributed by atoms with Gasteiger partial charge in [0.15, 0.2) is 0 Å². The summed E-state index contributed by atoms with van der Waals surface area (Å²) in [6, 6.07) is 12.7. The number of aromatic nitrogens is 1. The fraction of sp³-hybridized carbons (Fsp3) is 0.200. The first-order chi connectivity index (χ1) is 8.22. The van der Waals surface area contributed by atoms with Crippen LogP contribution in [0, 0.1) is 13.8 Å². The molecule has 0 bridgehead atoms. The van der Waals surface area contributed by atoms with Crippen molar-refractivity contribution < 1.29 is 4.42 Å². The number of nitrogens with zero attached hydrogens (tertiary/aromatic N) is 1. The molecule has 0 aliphatic rings. The Morgan fingerprint density at radius 2 is 1.94 bits per heavy atom. The topological polar surface area (TPSA) is 18.1 Å². The van der Waals surface area contributed by atoms with E-state index < -0.39 is 0 Å². The molecule has 0 saturated heterocycles. The molecule has 0 amide bonds. The smallest absolute Gasteiger partial charge is 0.123 e. The molecular weight excluding hydrogens is 210 g/mol. The number of furan rings is 1. The summed E-state index contributed by atoms with van der Waals surface area (Å²) in [6.45, 7) is 4.88. The van der Waals surface area contributed by atoms with Gasteiger partial charge in [-0.1, -0.05) is 11.6 Å². The molecule has 0 spiro atoms. The molecule has 0 N–H and O–H groups in total. The van der Waals surface area contributed by atoms with Crippen molar-refractivity contribution in [2.45, 2.75) is 20.4 Å². The Morgan fingerprint density at radius 1 is 1.06 bits per heavy atom. The highest BCUT2D eigenvalue weighted by Crippen LogP contribution is 2.19. The van der Waals surface area contributed by atoms with Crippen LogP contribution in [0.3, 0.4) is 0 Å². The van der Waals surface area contributed by atoms with Gasteiger partial charge in [-0.15, -0.1) is 0 Å². The maximum absolute atomic E-state index is 5.61. The third kappa shape index (κ3) is 1.86. The maximum Gasteiger partial charge on any atom is 0.123 e. The number of hydrogen-bond donors (Lipinski definition) is 0. The van der Waals surface area contributed by atoms with E-state index in [1.54, 1.807) is 0 Å². The first-order valence-corrected chi connectivity index (χ1v) is 5.83. The third-order valence-corrected chi connectivity index (χ3v) is 3.05. The minimum absolute atomic E-state index is 0.792. The second-order valence-corrected chi connectivity index (χ2v) is 4.52. The number of rotatable bonds is 2. The zero-order valence-corrected chi connectivity index (χ0v) is 10.1. The summed E-state index contributed by atoms with van der Waals surface area (Å²) in [5.74, 6) is 1.97. The summed E-state index contributed by atoms with van der Waals surface area (Å²) in [5.41, 5.74) is 2.55. The van der Waals surface area contributed by atoms with Crippen LogP contribution in [0.5, 0.6) is 0 Å². The van der Waals surface area contributed by atoms with Crippen LogP contribution in [0.15, 0.2) is 47.0 Å². The maximum atomic E-state index is 5.61. The van der Waals surface area contributed by atoms with Crippen LogP contribution in [0.2, 0.25) is 0 Å². The number of benzene rings is 1. The fourth-order valence-electron chi connectivity index (χ4n) is 2.20. The Morgan fingerprint density at radius 3 is 2.71 bits per heavy atom. The van der Waals surface area contributed by atoms with Gasteiger partial charge in [-0.25, -0.2) is 0 Å². The normalized spacial score (nSPS) is 11.2. The van der Waals surface area contributed by atoms with E-state index in [2.05, 4.69) is 42.0 Å². The average Bonchev–Trinajstić information content (AvgIpc) is 2.86. The van der Waals surface area contributed by atoms with Crippen molar-refractivity contribution in [3.05, 3.63) is 59.7 Å². The first-order valence-electron chi connectivity index (χ1n) is 5.83. The summed E-state index contributed by atoms with van der Waals surface area (Å²) in [6.07, 6.45) is 2.11. The molecular formula is C15H15NO. The molecule has 86 valence electrons. The molecule has 1 aromatic carbocycles. The lowest BCUT2D eigenvalue weighted by molar-refractivity contribution is 0.473. The highest BCUT2D eigenvalue weighted by atomic mass is 16.3. The molecule has 0 aliphatic heterocycles. The molecule has 3 rings (SSSR count). The van der Waals surface area contributed by atoms with Crippen LogP contribution in [0.4, 0.5) is 0 Å². The summed E-state index contributed by atoms with van der Waals surface area (Å²) < 4.78 is 7.82. The van der Waals surface area contributed by atoms with E-state index in [9.17, 15) is 0 Å². The highest BCUT2D eigenvalue weighted by Gasteiger charge is 2.04. The van der Waals surface area contributed by atoms with Gasteiger partial charge in [0.1, 0.15) is 11.5 Å². The standard InChI is InChI=1S/C15H15NO/c1-11-3-6-15-13(9-11)7-8-16(15)10-14-5-4-12(2)17-14/h3-9H,10H2,1-2H3. The second-order valence-electron chi connectivity index (χ2n) is 4.52. The van der Waals surface area contributed by atoms with Crippen LogP contribution >= 0.6 is 0 Å². The van der Waals surface area contributed by atoms with Crippen LogP contribution in [-0.4, -0.2) is 4.57 Å². The highest BCUT2D eigenvalue weighted by molar-refractivity contribution is 5.80. The van der Waals surface area contributed by atoms with Gasteiger partial charge >= 0.3 is 0 Å². The number of hydrogen-bond acceptors (Lipinski definition) is 1. The fourth-order valence-corrected chi connectivity index (χ4v) is 2.20. The van der Waals surface area contributed by atoms with Crippen molar-refractivity contribution in [3.63, 3.8) is 0 Å². The van der Waals surface area contributed by atoms with Gasteiger partial charge in [0.2, 0.25) is 0 Å². The van der Waals surface area contributed by atoms with Crippen molar-refractivity contribution in [2.75, 3.05) is 0 Å². The molecule has 2 heterocycles. The molecule has 0 atom stereocenters. The Bertz CT molecular complexity index is 660. The van der Waals surface area contributed by atoms with Crippen LogP contribution in [0.25, 0.3) is 10.9 Å². The number of aryl methyl sites for hydroxylation is 2. The summed E-state index contributed by atoms with van der Waals surface area (Å²) in [5, 5.41) is 1.29. The van der Waals surface area contributed by atoms with E-state index >= 15 is 0 Å². The Kier molecular flexibility index (Phi) is 2.29. The average molecular weight is 225 g/mol. The van der Waals surface area contributed by atoms with Gasteiger partial charge < -0.3 is 8.98 Å². The summed E-state index contributed by atoms with van der Waals surface area (Å²) in [4.78, 5) is 0.